The highest BCUT2D eigenvalue weighted by Crippen LogP contribution is 2.40. The third kappa shape index (κ3) is 4.60. The zero-order valence-corrected chi connectivity index (χ0v) is 19.1. The third-order valence-corrected chi connectivity index (χ3v) is 11.2. The molecule has 2 aromatic rings. The fourth-order valence-electron chi connectivity index (χ4n) is 2.16. The summed E-state index contributed by atoms with van der Waals surface area (Å²) in [5.41, 5.74) is 0. The number of thiophene rings is 1. The predicted molar refractivity (Wildman–Crippen MR) is 116 cm³/mol. The molecule has 0 aliphatic carbocycles. The van der Waals surface area contributed by atoms with Gasteiger partial charge in [-0.1, -0.05) is 79.2 Å². The van der Waals surface area contributed by atoms with Crippen LogP contribution in [0.25, 0.3) is 10.1 Å². The summed E-state index contributed by atoms with van der Waals surface area (Å²) in [7, 11) is -1.81. The van der Waals surface area contributed by atoms with Gasteiger partial charge in [0.15, 0.2) is 8.32 Å². The fraction of sp³-hybridized carbons (Fsp3) is 0.444. The molecule has 0 N–H and O–H groups in total. The Morgan fingerprint density at radius 1 is 1.30 bits per heavy atom. The second kappa shape index (κ2) is 7.56. The Bertz CT molecular complexity index is 703. The lowest BCUT2D eigenvalue weighted by atomic mass is 10.2. The monoisotopic (exact) mass is 478 g/mol. The maximum absolute atomic E-state index is 6.60. The minimum Gasteiger partial charge on any atom is -0.410 e. The van der Waals surface area contributed by atoms with Gasteiger partial charge in [-0.15, -0.1) is 11.3 Å². The number of rotatable bonds is 5. The van der Waals surface area contributed by atoms with Crippen LogP contribution in [0.3, 0.4) is 0 Å². The van der Waals surface area contributed by atoms with Gasteiger partial charge in [-0.05, 0) is 28.3 Å². The second-order valence-corrected chi connectivity index (χ2v) is 14.3. The SMILES string of the molecule is CC(C)(C)[Si](C)(C)OC(/C=C/I)Cc1sc2ccccc2c1Cl. The van der Waals surface area contributed by atoms with Crippen molar-refractivity contribution in [2.24, 2.45) is 0 Å². The summed E-state index contributed by atoms with van der Waals surface area (Å²) in [5, 5.41) is 2.24. The highest BCUT2D eigenvalue weighted by Gasteiger charge is 2.38. The predicted octanol–water partition coefficient (Wildman–Crippen LogP) is 7.44. The van der Waals surface area contributed by atoms with Gasteiger partial charge in [0.05, 0.1) is 11.1 Å². The molecular weight excluding hydrogens is 455 g/mol. The smallest absolute Gasteiger partial charge is 0.192 e. The fourth-order valence-corrected chi connectivity index (χ4v) is 5.45. The maximum atomic E-state index is 6.60. The summed E-state index contributed by atoms with van der Waals surface area (Å²) >= 11 is 10.6. The van der Waals surface area contributed by atoms with E-state index in [9.17, 15) is 0 Å². The average Bonchev–Trinajstić information content (AvgIpc) is 2.74. The van der Waals surface area contributed by atoms with E-state index in [1.54, 1.807) is 11.3 Å². The standard InChI is InChI=1S/C18H24ClIOSSi/c1-18(2,3)23(4,5)21-13(10-11-20)12-16-17(19)14-8-6-7-9-15(14)22-16/h6-11,13H,12H2,1-5H3/b11-10+. The molecule has 0 aliphatic heterocycles. The summed E-state index contributed by atoms with van der Waals surface area (Å²) in [6.45, 7) is 11.4. The van der Waals surface area contributed by atoms with E-state index >= 15 is 0 Å². The van der Waals surface area contributed by atoms with Gasteiger partial charge in [-0.25, -0.2) is 0 Å². The van der Waals surface area contributed by atoms with Gasteiger partial charge in [-0.2, -0.15) is 0 Å². The van der Waals surface area contributed by atoms with Crippen LogP contribution in [0.1, 0.15) is 25.6 Å². The highest BCUT2D eigenvalue weighted by molar-refractivity contribution is 14.1. The summed E-state index contributed by atoms with van der Waals surface area (Å²) in [4.78, 5) is 1.21. The van der Waals surface area contributed by atoms with Crippen molar-refractivity contribution in [1.29, 1.82) is 0 Å². The number of benzene rings is 1. The Labute approximate surface area is 163 Å². The van der Waals surface area contributed by atoms with Gasteiger partial charge < -0.3 is 4.43 Å². The molecule has 1 nitrogen and oxygen atoms in total. The van der Waals surface area contributed by atoms with Gasteiger partial charge in [0.1, 0.15) is 0 Å². The van der Waals surface area contributed by atoms with Crippen LogP contribution in [0.15, 0.2) is 34.4 Å². The summed E-state index contributed by atoms with van der Waals surface area (Å²) in [6.07, 6.45) is 3.07. The van der Waals surface area contributed by atoms with E-state index in [1.165, 1.54) is 9.58 Å². The van der Waals surface area contributed by atoms with Crippen LogP contribution >= 0.6 is 45.5 Å². The molecule has 0 saturated heterocycles. The lowest BCUT2D eigenvalue weighted by Gasteiger charge is -2.38. The molecule has 23 heavy (non-hydrogen) atoms. The zero-order valence-electron chi connectivity index (χ0n) is 14.3. The lowest BCUT2D eigenvalue weighted by Crippen LogP contribution is -2.44. The van der Waals surface area contributed by atoms with Crippen molar-refractivity contribution in [3.63, 3.8) is 0 Å². The van der Waals surface area contributed by atoms with Crippen molar-refractivity contribution in [3.05, 3.63) is 44.3 Å². The topological polar surface area (TPSA) is 9.23 Å². The number of fused-ring (bicyclic) bond motifs is 1. The van der Waals surface area contributed by atoms with Crippen molar-refractivity contribution in [2.75, 3.05) is 0 Å². The molecule has 1 aromatic heterocycles. The third-order valence-electron chi connectivity index (χ3n) is 4.53. The zero-order chi connectivity index (χ0) is 17.3. The minimum atomic E-state index is -1.81. The Kier molecular flexibility index (Phi) is 6.39. The summed E-state index contributed by atoms with van der Waals surface area (Å²) in [6, 6.07) is 8.33. The molecule has 1 unspecified atom stereocenters. The van der Waals surface area contributed by atoms with Crippen LogP contribution in [0, 0.1) is 0 Å². The number of hydrogen-bond acceptors (Lipinski definition) is 2. The molecule has 0 fully saturated rings. The van der Waals surface area contributed by atoms with Crippen LogP contribution < -0.4 is 0 Å². The maximum Gasteiger partial charge on any atom is 0.192 e. The quantitative estimate of drug-likeness (QED) is 0.320. The van der Waals surface area contributed by atoms with Crippen molar-refractivity contribution in [1.82, 2.24) is 0 Å². The molecule has 1 atom stereocenters. The van der Waals surface area contributed by atoms with E-state index < -0.39 is 8.32 Å². The minimum absolute atomic E-state index is 0.0818. The molecule has 2 rings (SSSR count). The second-order valence-electron chi connectivity index (χ2n) is 7.27. The van der Waals surface area contributed by atoms with E-state index in [1.807, 2.05) is 6.07 Å². The van der Waals surface area contributed by atoms with Crippen molar-refractivity contribution < 1.29 is 4.43 Å². The van der Waals surface area contributed by atoms with Gasteiger partial charge in [0.25, 0.3) is 0 Å². The molecule has 0 aliphatic rings. The molecule has 0 saturated carbocycles. The largest absolute Gasteiger partial charge is 0.410 e. The van der Waals surface area contributed by atoms with Crippen molar-refractivity contribution in [2.45, 2.75) is 51.4 Å². The molecule has 0 bridgehead atoms. The van der Waals surface area contributed by atoms with Crippen molar-refractivity contribution >= 4 is 63.9 Å². The van der Waals surface area contributed by atoms with Gasteiger partial charge in [-0.3, -0.25) is 0 Å². The molecule has 0 amide bonds. The van der Waals surface area contributed by atoms with Crippen LogP contribution in [0.5, 0.6) is 0 Å². The molecule has 126 valence electrons. The molecule has 0 radical (unpaired) electrons. The first kappa shape index (κ1) is 19.4. The van der Waals surface area contributed by atoms with E-state index in [2.05, 4.69) is 84.8 Å². The number of hydrogen-bond donors (Lipinski definition) is 0. The first-order valence-corrected chi connectivity index (χ1v) is 13.1. The molecule has 0 spiro atoms. The van der Waals surface area contributed by atoms with Crippen LogP contribution in [0.4, 0.5) is 0 Å². The van der Waals surface area contributed by atoms with E-state index in [-0.39, 0.29) is 11.1 Å². The molecule has 1 heterocycles. The lowest BCUT2D eigenvalue weighted by molar-refractivity contribution is 0.226. The highest BCUT2D eigenvalue weighted by atomic mass is 127. The first-order chi connectivity index (χ1) is 10.7. The molecule has 1 aromatic carbocycles. The average molecular weight is 479 g/mol. The van der Waals surface area contributed by atoms with Crippen LogP contribution in [-0.2, 0) is 10.8 Å². The Morgan fingerprint density at radius 2 is 1.96 bits per heavy atom. The molecule has 5 heteroatoms. The molecular formula is C18H24ClIOSSi. The number of halogens is 2. The van der Waals surface area contributed by atoms with E-state index in [0.717, 1.165) is 16.8 Å². The van der Waals surface area contributed by atoms with Crippen LogP contribution in [0.2, 0.25) is 23.2 Å². The summed E-state index contributed by atoms with van der Waals surface area (Å²) in [5.74, 6) is 0. The van der Waals surface area contributed by atoms with Gasteiger partial charge in [0.2, 0.25) is 0 Å². The van der Waals surface area contributed by atoms with E-state index in [0.29, 0.717) is 0 Å². The first-order valence-electron chi connectivity index (χ1n) is 7.76. The van der Waals surface area contributed by atoms with E-state index in [4.69, 9.17) is 16.0 Å². The van der Waals surface area contributed by atoms with Crippen molar-refractivity contribution in [3.8, 4) is 0 Å². The summed E-state index contributed by atoms with van der Waals surface area (Å²) < 4.78 is 9.89. The Morgan fingerprint density at radius 3 is 2.52 bits per heavy atom. The Hall–Kier alpha value is 0.117. The van der Waals surface area contributed by atoms with Gasteiger partial charge in [0, 0.05) is 21.4 Å². The normalized spacial score (nSPS) is 14.7. The Balaban J connectivity index is 2.27. The van der Waals surface area contributed by atoms with Crippen LogP contribution in [-0.4, -0.2) is 14.4 Å². The van der Waals surface area contributed by atoms with Gasteiger partial charge >= 0.3 is 0 Å².